The summed E-state index contributed by atoms with van der Waals surface area (Å²) >= 11 is 0. The van der Waals surface area contributed by atoms with Crippen molar-refractivity contribution in [2.45, 2.75) is 26.7 Å². The van der Waals surface area contributed by atoms with Gasteiger partial charge in [-0.1, -0.05) is 13.3 Å². The lowest BCUT2D eigenvalue weighted by Gasteiger charge is -2.07. The number of nitrogens with two attached hydrogens (primary N) is 1. The lowest BCUT2D eigenvalue weighted by Crippen LogP contribution is -2.01. The number of benzene rings is 1. The summed E-state index contributed by atoms with van der Waals surface area (Å²) in [6.07, 6.45) is 2.42. The van der Waals surface area contributed by atoms with E-state index in [9.17, 15) is 0 Å². The molecule has 0 amide bonds. The van der Waals surface area contributed by atoms with Gasteiger partial charge in [-0.2, -0.15) is 0 Å². The number of anilines is 2. The Kier molecular flexibility index (Phi) is 3.62. The van der Waals surface area contributed by atoms with E-state index in [-0.39, 0.29) is 0 Å². The molecule has 0 heterocycles. The van der Waals surface area contributed by atoms with Gasteiger partial charge in [-0.25, -0.2) is 0 Å². The Morgan fingerprint density at radius 3 is 2.69 bits per heavy atom. The number of hydrogen-bond acceptors (Lipinski definition) is 2. The van der Waals surface area contributed by atoms with E-state index >= 15 is 0 Å². The molecule has 0 spiro atoms. The normalized spacial score (nSPS) is 10.0. The van der Waals surface area contributed by atoms with Crippen molar-refractivity contribution in [2.24, 2.45) is 0 Å². The second kappa shape index (κ2) is 4.75. The molecule has 0 saturated heterocycles. The highest BCUT2D eigenvalue weighted by molar-refractivity contribution is 5.56. The zero-order valence-electron chi connectivity index (χ0n) is 8.43. The highest BCUT2D eigenvalue weighted by Gasteiger charge is 1.94. The second-order valence-corrected chi connectivity index (χ2v) is 3.41. The molecule has 0 fully saturated rings. The maximum Gasteiger partial charge on any atom is 0.0363 e. The Labute approximate surface area is 80.1 Å². The predicted molar refractivity (Wildman–Crippen MR) is 59.0 cm³/mol. The molecule has 0 aliphatic heterocycles. The molecule has 1 aromatic carbocycles. The van der Waals surface area contributed by atoms with Crippen LogP contribution in [0.5, 0.6) is 0 Å². The predicted octanol–water partition coefficient (Wildman–Crippen LogP) is 2.79. The summed E-state index contributed by atoms with van der Waals surface area (Å²) in [7, 11) is 0. The molecule has 13 heavy (non-hydrogen) atoms. The average molecular weight is 178 g/mol. The van der Waals surface area contributed by atoms with E-state index in [0.29, 0.717) is 0 Å². The Morgan fingerprint density at radius 2 is 2.08 bits per heavy atom. The molecular weight excluding hydrogens is 160 g/mol. The van der Waals surface area contributed by atoms with Crippen LogP contribution >= 0.6 is 0 Å². The zero-order chi connectivity index (χ0) is 9.68. The summed E-state index contributed by atoms with van der Waals surface area (Å²) in [6, 6.07) is 6.07. The molecule has 0 aromatic heterocycles. The van der Waals surface area contributed by atoms with Crippen molar-refractivity contribution >= 4 is 11.4 Å². The SMILES string of the molecule is CCCCNc1cc(C)cc(N)c1. The van der Waals surface area contributed by atoms with Crippen LogP contribution in [-0.2, 0) is 0 Å². The van der Waals surface area contributed by atoms with Crippen LogP contribution < -0.4 is 11.1 Å². The van der Waals surface area contributed by atoms with Crippen LogP contribution in [0.1, 0.15) is 25.3 Å². The molecule has 0 unspecified atom stereocenters. The molecule has 0 radical (unpaired) electrons. The minimum Gasteiger partial charge on any atom is -0.399 e. The molecule has 72 valence electrons. The Bertz CT molecular complexity index is 249. The Balaban J connectivity index is 2.56. The number of aryl methyl sites for hydroxylation is 1. The van der Waals surface area contributed by atoms with Crippen LogP contribution in [0.3, 0.4) is 0 Å². The largest absolute Gasteiger partial charge is 0.399 e. The van der Waals surface area contributed by atoms with Gasteiger partial charge < -0.3 is 11.1 Å². The van der Waals surface area contributed by atoms with Crippen LogP contribution in [0.2, 0.25) is 0 Å². The third-order valence-electron chi connectivity index (χ3n) is 1.96. The van der Waals surface area contributed by atoms with Gasteiger partial charge in [0, 0.05) is 17.9 Å². The first kappa shape index (κ1) is 9.90. The smallest absolute Gasteiger partial charge is 0.0363 e. The summed E-state index contributed by atoms with van der Waals surface area (Å²) in [5, 5.41) is 3.35. The lowest BCUT2D eigenvalue weighted by atomic mass is 10.2. The number of unbranched alkanes of at least 4 members (excludes halogenated alkanes) is 1. The van der Waals surface area contributed by atoms with Gasteiger partial charge in [-0.05, 0) is 37.1 Å². The van der Waals surface area contributed by atoms with Crippen molar-refractivity contribution in [3.63, 3.8) is 0 Å². The molecule has 3 N–H and O–H groups in total. The molecule has 1 aromatic rings. The number of nitrogen functional groups attached to an aromatic ring is 1. The molecule has 0 bridgehead atoms. The van der Waals surface area contributed by atoms with Crippen LogP contribution in [0.25, 0.3) is 0 Å². The van der Waals surface area contributed by atoms with Gasteiger partial charge in [0.25, 0.3) is 0 Å². The first-order chi connectivity index (χ1) is 6.22. The van der Waals surface area contributed by atoms with Crippen molar-refractivity contribution in [1.29, 1.82) is 0 Å². The standard InChI is InChI=1S/C11H18N2/c1-3-4-5-13-11-7-9(2)6-10(12)8-11/h6-8,13H,3-5,12H2,1-2H3. The summed E-state index contributed by atoms with van der Waals surface area (Å²) in [6.45, 7) is 5.27. The molecular formula is C11H18N2. The highest BCUT2D eigenvalue weighted by atomic mass is 14.9. The summed E-state index contributed by atoms with van der Waals surface area (Å²) < 4.78 is 0. The van der Waals surface area contributed by atoms with Crippen molar-refractivity contribution in [2.75, 3.05) is 17.6 Å². The average Bonchev–Trinajstić information content (AvgIpc) is 2.03. The van der Waals surface area contributed by atoms with Crippen LogP contribution in [-0.4, -0.2) is 6.54 Å². The Hall–Kier alpha value is -1.18. The van der Waals surface area contributed by atoms with Gasteiger partial charge >= 0.3 is 0 Å². The number of hydrogen-bond donors (Lipinski definition) is 2. The van der Waals surface area contributed by atoms with Crippen molar-refractivity contribution in [3.8, 4) is 0 Å². The number of rotatable bonds is 4. The highest BCUT2D eigenvalue weighted by Crippen LogP contribution is 2.15. The van der Waals surface area contributed by atoms with Crippen LogP contribution in [0.15, 0.2) is 18.2 Å². The second-order valence-electron chi connectivity index (χ2n) is 3.41. The van der Waals surface area contributed by atoms with E-state index < -0.39 is 0 Å². The third-order valence-corrected chi connectivity index (χ3v) is 1.96. The van der Waals surface area contributed by atoms with Crippen LogP contribution in [0.4, 0.5) is 11.4 Å². The maximum atomic E-state index is 5.72. The summed E-state index contributed by atoms with van der Waals surface area (Å²) in [5.74, 6) is 0. The van der Waals surface area contributed by atoms with Gasteiger partial charge in [-0.3, -0.25) is 0 Å². The number of nitrogens with one attached hydrogen (secondary N) is 1. The quantitative estimate of drug-likeness (QED) is 0.549. The van der Waals surface area contributed by atoms with Crippen LogP contribution in [0, 0.1) is 6.92 Å². The van der Waals surface area contributed by atoms with Gasteiger partial charge in [-0.15, -0.1) is 0 Å². The fraction of sp³-hybridized carbons (Fsp3) is 0.455. The van der Waals surface area contributed by atoms with Gasteiger partial charge in [0.2, 0.25) is 0 Å². The van der Waals surface area contributed by atoms with E-state index in [0.717, 1.165) is 17.9 Å². The monoisotopic (exact) mass is 178 g/mol. The maximum absolute atomic E-state index is 5.72. The third kappa shape index (κ3) is 3.36. The van der Waals surface area contributed by atoms with Crippen molar-refractivity contribution in [1.82, 2.24) is 0 Å². The molecule has 0 aliphatic rings. The molecule has 0 saturated carbocycles. The fourth-order valence-corrected chi connectivity index (χ4v) is 1.32. The molecule has 2 heteroatoms. The van der Waals surface area contributed by atoms with E-state index in [2.05, 4.69) is 25.2 Å². The molecule has 0 aliphatic carbocycles. The molecule has 0 atom stereocenters. The molecule has 1 rings (SSSR count). The topological polar surface area (TPSA) is 38.0 Å². The molecule has 2 nitrogen and oxygen atoms in total. The van der Waals surface area contributed by atoms with E-state index in [1.165, 1.54) is 18.4 Å². The van der Waals surface area contributed by atoms with Gasteiger partial charge in [0.05, 0.1) is 0 Å². The van der Waals surface area contributed by atoms with Gasteiger partial charge in [0.1, 0.15) is 0 Å². The minimum atomic E-state index is 0.832. The van der Waals surface area contributed by atoms with E-state index in [1.807, 2.05) is 12.1 Å². The van der Waals surface area contributed by atoms with E-state index in [1.54, 1.807) is 0 Å². The summed E-state index contributed by atoms with van der Waals surface area (Å²) in [4.78, 5) is 0. The summed E-state index contributed by atoms with van der Waals surface area (Å²) in [5.41, 5.74) is 8.89. The minimum absolute atomic E-state index is 0.832. The first-order valence-corrected chi connectivity index (χ1v) is 4.83. The fourth-order valence-electron chi connectivity index (χ4n) is 1.32. The first-order valence-electron chi connectivity index (χ1n) is 4.83. The van der Waals surface area contributed by atoms with E-state index in [4.69, 9.17) is 5.73 Å². The Morgan fingerprint density at radius 1 is 1.31 bits per heavy atom. The van der Waals surface area contributed by atoms with Crippen molar-refractivity contribution < 1.29 is 0 Å². The lowest BCUT2D eigenvalue weighted by molar-refractivity contribution is 0.834. The van der Waals surface area contributed by atoms with Crippen molar-refractivity contribution in [3.05, 3.63) is 23.8 Å². The zero-order valence-corrected chi connectivity index (χ0v) is 8.43. The van der Waals surface area contributed by atoms with Gasteiger partial charge in [0.15, 0.2) is 0 Å².